The SMILES string of the molecule is Nc1nnc(Sc2ccnc3cc(Cl)ccc23)s1. The molecule has 0 aliphatic heterocycles. The number of pyridine rings is 1. The highest BCUT2D eigenvalue weighted by molar-refractivity contribution is 8.01. The lowest BCUT2D eigenvalue weighted by Gasteiger charge is -2.03. The normalized spacial score (nSPS) is 10.9. The number of aromatic nitrogens is 3. The Morgan fingerprint density at radius 2 is 2.11 bits per heavy atom. The molecule has 4 nitrogen and oxygen atoms in total. The fourth-order valence-corrected chi connectivity index (χ4v) is 3.42. The Hall–Kier alpha value is -1.37. The lowest BCUT2D eigenvalue weighted by Crippen LogP contribution is -1.82. The molecule has 0 aliphatic carbocycles. The lowest BCUT2D eigenvalue weighted by molar-refractivity contribution is 1.02. The van der Waals surface area contributed by atoms with Gasteiger partial charge >= 0.3 is 0 Å². The van der Waals surface area contributed by atoms with Crippen molar-refractivity contribution in [3.8, 4) is 0 Å². The topological polar surface area (TPSA) is 64.7 Å². The van der Waals surface area contributed by atoms with Gasteiger partial charge in [-0.3, -0.25) is 4.98 Å². The Bertz CT molecular complexity index is 713. The number of nitrogen functional groups attached to an aromatic ring is 1. The quantitative estimate of drug-likeness (QED) is 0.784. The summed E-state index contributed by atoms with van der Waals surface area (Å²) in [6, 6.07) is 7.59. The number of fused-ring (bicyclic) bond motifs is 1. The highest BCUT2D eigenvalue weighted by Gasteiger charge is 2.08. The fourth-order valence-electron chi connectivity index (χ4n) is 1.54. The minimum absolute atomic E-state index is 0.471. The second kappa shape index (κ2) is 4.72. The number of halogens is 1. The molecule has 3 rings (SSSR count). The van der Waals surface area contributed by atoms with Gasteiger partial charge in [-0.2, -0.15) is 0 Å². The Labute approximate surface area is 116 Å². The zero-order valence-corrected chi connectivity index (χ0v) is 11.4. The van der Waals surface area contributed by atoms with E-state index >= 15 is 0 Å². The van der Waals surface area contributed by atoms with E-state index in [-0.39, 0.29) is 0 Å². The summed E-state index contributed by atoms with van der Waals surface area (Å²) in [5, 5.41) is 9.98. The summed E-state index contributed by atoms with van der Waals surface area (Å²) in [5.41, 5.74) is 6.43. The third-order valence-corrected chi connectivity index (χ3v) is 4.40. The number of rotatable bonds is 2. The van der Waals surface area contributed by atoms with Crippen molar-refractivity contribution < 1.29 is 0 Å². The predicted molar refractivity (Wildman–Crippen MR) is 75.2 cm³/mol. The van der Waals surface area contributed by atoms with Gasteiger partial charge in [0.15, 0.2) is 4.34 Å². The molecule has 18 heavy (non-hydrogen) atoms. The van der Waals surface area contributed by atoms with Gasteiger partial charge in [-0.05, 0) is 18.2 Å². The van der Waals surface area contributed by atoms with Crippen LogP contribution in [0.3, 0.4) is 0 Å². The third-order valence-electron chi connectivity index (χ3n) is 2.28. The molecule has 0 bridgehead atoms. The predicted octanol–water partition coefficient (Wildman–Crippen LogP) is 3.47. The molecule has 0 atom stereocenters. The van der Waals surface area contributed by atoms with E-state index in [1.54, 1.807) is 6.20 Å². The second-order valence-corrected chi connectivity index (χ2v) is 6.21. The number of benzene rings is 1. The first-order chi connectivity index (χ1) is 8.72. The van der Waals surface area contributed by atoms with Gasteiger partial charge in [0.1, 0.15) is 0 Å². The number of nitrogens with two attached hydrogens (primary N) is 1. The summed E-state index contributed by atoms with van der Waals surface area (Å²) in [7, 11) is 0. The molecule has 0 aliphatic rings. The minimum Gasteiger partial charge on any atom is -0.374 e. The van der Waals surface area contributed by atoms with E-state index in [1.807, 2.05) is 24.3 Å². The van der Waals surface area contributed by atoms with Crippen LogP contribution in [0.2, 0.25) is 5.02 Å². The lowest BCUT2D eigenvalue weighted by atomic mass is 10.2. The van der Waals surface area contributed by atoms with Crippen molar-refractivity contribution in [2.75, 3.05) is 5.73 Å². The molecule has 0 unspecified atom stereocenters. The second-order valence-electron chi connectivity index (χ2n) is 3.48. The Kier molecular flexibility index (Phi) is 3.07. The van der Waals surface area contributed by atoms with Crippen LogP contribution in [0, 0.1) is 0 Å². The largest absolute Gasteiger partial charge is 0.374 e. The van der Waals surface area contributed by atoms with E-state index in [1.165, 1.54) is 23.1 Å². The first-order valence-electron chi connectivity index (χ1n) is 5.03. The van der Waals surface area contributed by atoms with Gasteiger partial charge in [0.2, 0.25) is 5.13 Å². The molecule has 0 spiro atoms. The van der Waals surface area contributed by atoms with Crippen molar-refractivity contribution in [1.82, 2.24) is 15.2 Å². The van der Waals surface area contributed by atoms with Crippen molar-refractivity contribution in [2.45, 2.75) is 9.24 Å². The highest BCUT2D eigenvalue weighted by atomic mass is 35.5. The summed E-state index contributed by atoms with van der Waals surface area (Å²) in [6.07, 6.45) is 1.76. The van der Waals surface area contributed by atoms with E-state index in [2.05, 4.69) is 15.2 Å². The van der Waals surface area contributed by atoms with Crippen LogP contribution in [-0.4, -0.2) is 15.2 Å². The number of hydrogen-bond acceptors (Lipinski definition) is 6. The summed E-state index contributed by atoms with van der Waals surface area (Å²) >= 11 is 8.84. The van der Waals surface area contributed by atoms with Crippen LogP contribution < -0.4 is 5.73 Å². The third kappa shape index (κ3) is 2.27. The molecule has 2 aromatic heterocycles. The Balaban J connectivity index is 2.06. The zero-order chi connectivity index (χ0) is 12.5. The Morgan fingerprint density at radius 3 is 2.89 bits per heavy atom. The van der Waals surface area contributed by atoms with Gasteiger partial charge in [0, 0.05) is 21.5 Å². The molecule has 2 heterocycles. The van der Waals surface area contributed by atoms with Gasteiger partial charge in [0.25, 0.3) is 0 Å². The minimum atomic E-state index is 0.471. The van der Waals surface area contributed by atoms with Crippen molar-refractivity contribution in [1.29, 1.82) is 0 Å². The monoisotopic (exact) mass is 294 g/mol. The summed E-state index contributed by atoms with van der Waals surface area (Å²) in [4.78, 5) is 5.36. The standard InChI is InChI=1S/C11H7ClN4S2/c12-6-1-2-7-8(5-6)14-4-3-9(7)17-11-16-15-10(13)18-11/h1-5H,(H2,13,15). The van der Waals surface area contributed by atoms with Crippen molar-refractivity contribution >= 4 is 50.7 Å². The maximum absolute atomic E-state index is 5.95. The zero-order valence-electron chi connectivity index (χ0n) is 9.00. The molecule has 0 radical (unpaired) electrons. The van der Waals surface area contributed by atoms with Gasteiger partial charge in [-0.1, -0.05) is 40.8 Å². The van der Waals surface area contributed by atoms with Crippen LogP contribution in [0.25, 0.3) is 10.9 Å². The summed E-state index contributed by atoms with van der Waals surface area (Å²) in [6.45, 7) is 0. The van der Waals surface area contributed by atoms with Crippen LogP contribution in [0.15, 0.2) is 39.7 Å². The van der Waals surface area contributed by atoms with E-state index in [4.69, 9.17) is 17.3 Å². The number of hydrogen-bond donors (Lipinski definition) is 1. The maximum atomic E-state index is 5.95. The maximum Gasteiger partial charge on any atom is 0.203 e. The van der Waals surface area contributed by atoms with Crippen molar-refractivity contribution in [2.24, 2.45) is 0 Å². The number of nitrogens with zero attached hydrogens (tertiary/aromatic N) is 3. The number of anilines is 1. The molecule has 7 heteroatoms. The van der Waals surface area contributed by atoms with Crippen LogP contribution in [0.4, 0.5) is 5.13 Å². The Morgan fingerprint density at radius 1 is 1.22 bits per heavy atom. The summed E-state index contributed by atoms with van der Waals surface area (Å²) in [5.74, 6) is 0. The van der Waals surface area contributed by atoms with Crippen LogP contribution in [0.1, 0.15) is 0 Å². The molecule has 2 N–H and O–H groups in total. The molecule has 1 aromatic carbocycles. The van der Waals surface area contributed by atoms with Crippen LogP contribution >= 0.6 is 34.7 Å². The van der Waals surface area contributed by atoms with E-state index < -0.39 is 0 Å². The molecular formula is C11H7ClN4S2. The average Bonchev–Trinajstić information content (AvgIpc) is 2.75. The van der Waals surface area contributed by atoms with Crippen molar-refractivity contribution in [3.05, 3.63) is 35.5 Å². The summed E-state index contributed by atoms with van der Waals surface area (Å²) < 4.78 is 0.815. The van der Waals surface area contributed by atoms with E-state index in [0.29, 0.717) is 10.2 Å². The molecular weight excluding hydrogens is 288 g/mol. The molecule has 0 fully saturated rings. The van der Waals surface area contributed by atoms with Gasteiger partial charge in [0.05, 0.1) is 5.52 Å². The van der Waals surface area contributed by atoms with Crippen LogP contribution in [-0.2, 0) is 0 Å². The molecule has 3 aromatic rings. The molecule has 0 saturated heterocycles. The first kappa shape index (κ1) is 11.7. The van der Waals surface area contributed by atoms with E-state index in [0.717, 1.165) is 20.1 Å². The first-order valence-corrected chi connectivity index (χ1v) is 7.04. The van der Waals surface area contributed by atoms with Crippen LogP contribution in [0.5, 0.6) is 0 Å². The smallest absolute Gasteiger partial charge is 0.203 e. The van der Waals surface area contributed by atoms with Gasteiger partial charge in [-0.15, -0.1) is 10.2 Å². The fraction of sp³-hybridized carbons (Fsp3) is 0. The van der Waals surface area contributed by atoms with Gasteiger partial charge < -0.3 is 5.73 Å². The molecule has 0 saturated carbocycles. The van der Waals surface area contributed by atoms with Gasteiger partial charge in [-0.25, -0.2) is 0 Å². The average molecular weight is 295 g/mol. The highest BCUT2D eigenvalue weighted by Crippen LogP contribution is 2.35. The molecule has 90 valence electrons. The van der Waals surface area contributed by atoms with Crippen molar-refractivity contribution in [3.63, 3.8) is 0 Å². The van der Waals surface area contributed by atoms with E-state index in [9.17, 15) is 0 Å². The molecule has 0 amide bonds.